The van der Waals surface area contributed by atoms with E-state index in [-0.39, 0.29) is 16.9 Å². The van der Waals surface area contributed by atoms with E-state index >= 15 is 0 Å². The Morgan fingerprint density at radius 1 is 1.03 bits per heavy atom. The molecule has 2 aromatic carbocycles. The lowest BCUT2D eigenvalue weighted by atomic mass is 9.53. The number of hydrogen-bond acceptors (Lipinski definition) is 2. The van der Waals surface area contributed by atoms with Crippen molar-refractivity contribution in [3.05, 3.63) is 75.9 Å². The molecule has 29 heavy (non-hydrogen) atoms. The summed E-state index contributed by atoms with van der Waals surface area (Å²) in [6.07, 6.45) is 8.05. The highest BCUT2D eigenvalue weighted by Gasteiger charge is 2.53. The molecule has 0 unspecified atom stereocenters. The Hall–Kier alpha value is -2.06. The fourth-order valence-corrected chi connectivity index (χ4v) is 7.16. The van der Waals surface area contributed by atoms with Gasteiger partial charge in [0.25, 0.3) is 0 Å². The molecule has 2 nitrogen and oxygen atoms in total. The molecular weight excluding hydrogens is 356 g/mol. The first-order valence-electron chi connectivity index (χ1n) is 11.3. The first kappa shape index (κ1) is 18.9. The largest absolute Gasteiger partial charge is 0.508 e. The van der Waals surface area contributed by atoms with Crippen LogP contribution in [0.4, 0.5) is 0 Å². The van der Waals surface area contributed by atoms with E-state index in [2.05, 4.69) is 44.2 Å². The Morgan fingerprint density at radius 2 is 1.83 bits per heavy atom. The van der Waals surface area contributed by atoms with E-state index in [0.29, 0.717) is 5.75 Å². The van der Waals surface area contributed by atoms with Gasteiger partial charge in [0, 0.05) is 5.41 Å². The lowest BCUT2D eigenvalue weighted by molar-refractivity contribution is 0.148. The topological polar surface area (TPSA) is 40.5 Å². The maximum atomic E-state index is 10.8. The van der Waals surface area contributed by atoms with Gasteiger partial charge in [-0.05, 0) is 98.1 Å². The molecule has 0 radical (unpaired) electrons. The van der Waals surface area contributed by atoms with Gasteiger partial charge >= 0.3 is 0 Å². The minimum Gasteiger partial charge on any atom is -0.508 e. The molecule has 0 heterocycles. The Morgan fingerprint density at radius 3 is 2.59 bits per heavy atom. The Bertz CT molecular complexity index is 974. The molecule has 3 aliphatic rings. The second kappa shape index (κ2) is 6.74. The van der Waals surface area contributed by atoms with Crippen LogP contribution in [0.15, 0.2) is 53.6 Å². The number of aryl methyl sites for hydroxylation is 2. The normalized spacial score (nSPS) is 30.7. The predicted octanol–water partition coefficient (Wildman–Crippen LogP) is 5.77. The van der Waals surface area contributed by atoms with Gasteiger partial charge in [0.05, 0.1) is 6.10 Å². The van der Waals surface area contributed by atoms with Crippen LogP contribution >= 0.6 is 0 Å². The van der Waals surface area contributed by atoms with E-state index in [4.69, 9.17) is 0 Å². The van der Waals surface area contributed by atoms with Crippen LogP contribution < -0.4 is 0 Å². The van der Waals surface area contributed by atoms with Crippen LogP contribution in [0, 0.1) is 12.3 Å². The lowest BCUT2D eigenvalue weighted by Crippen LogP contribution is -2.42. The van der Waals surface area contributed by atoms with Gasteiger partial charge in [-0.3, -0.25) is 0 Å². The third-order valence-corrected chi connectivity index (χ3v) is 8.19. The fraction of sp³-hybridized carbons (Fsp3) is 0.481. The van der Waals surface area contributed by atoms with Gasteiger partial charge in [0.15, 0.2) is 0 Å². The van der Waals surface area contributed by atoms with Crippen LogP contribution in [-0.2, 0) is 18.3 Å². The number of rotatable bonds is 3. The van der Waals surface area contributed by atoms with Gasteiger partial charge in [-0.15, -0.1) is 0 Å². The maximum absolute atomic E-state index is 10.8. The highest BCUT2D eigenvalue weighted by Crippen LogP contribution is 2.62. The van der Waals surface area contributed by atoms with E-state index < -0.39 is 0 Å². The van der Waals surface area contributed by atoms with E-state index in [1.807, 2.05) is 12.1 Å². The number of phenols is 1. The van der Waals surface area contributed by atoms with Gasteiger partial charge in [0.1, 0.15) is 5.75 Å². The quantitative estimate of drug-likeness (QED) is 0.656. The van der Waals surface area contributed by atoms with Crippen LogP contribution in [0.1, 0.15) is 67.7 Å². The Balaban J connectivity index is 1.68. The minimum absolute atomic E-state index is 0.0882. The average molecular weight is 389 g/mol. The molecule has 0 bridgehead atoms. The van der Waals surface area contributed by atoms with Gasteiger partial charge in [0.2, 0.25) is 0 Å². The van der Waals surface area contributed by atoms with Crippen molar-refractivity contribution >= 4 is 0 Å². The number of aromatic hydroxyl groups is 1. The smallest absolute Gasteiger partial charge is 0.116 e. The highest BCUT2D eigenvalue weighted by molar-refractivity contribution is 5.56. The zero-order chi connectivity index (χ0) is 20.2. The summed E-state index contributed by atoms with van der Waals surface area (Å²) in [5, 5.41) is 20.9. The number of fused-ring (bicyclic) bond motifs is 4. The zero-order valence-corrected chi connectivity index (χ0v) is 17.7. The summed E-state index contributed by atoms with van der Waals surface area (Å²) in [4.78, 5) is 0. The van der Waals surface area contributed by atoms with E-state index in [0.717, 1.165) is 51.4 Å². The van der Waals surface area contributed by atoms with Crippen LogP contribution in [0.5, 0.6) is 5.75 Å². The predicted molar refractivity (Wildman–Crippen MR) is 117 cm³/mol. The minimum atomic E-state index is -0.212. The molecule has 5 rings (SSSR count). The number of aliphatic hydroxyl groups excluding tert-OH is 1. The fourth-order valence-electron chi connectivity index (χ4n) is 7.16. The molecule has 0 aliphatic heterocycles. The average Bonchev–Trinajstić information content (AvgIpc) is 3.03. The summed E-state index contributed by atoms with van der Waals surface area (Å²) in [6.45, 7) is 4.50. The van der Waals surface area contributed by atoms with E-state index in [1.54, 1.807) is 11.1 Å². The number of aliphatic hydroxyl groups is 1. The molecular formula is C27H32O2. The third kappa shape index (κ3) is 2.79. The van der Waals surface area contributed by atoms with Crippen molar-refractivity contribution in [1.29, 1.82) is 0 Å². The van der Waals surface area contributed by atoms with Crippen molar-refractivity contribution in [2.45, 2.75) is 76.7 Å². The van der Waals surface area contributed by atoms with Gasteiger partial charge in [-0.1, -0.05) is 48.4 Å². The molecule has 0 spiro atoms. The van der Waals surface area contributed by atoms with Crippen LogP contribution in [-0.4, -0.2) is 16.3 Å². The molecule has 2 N–H and O–H groups in total. The van der Waals surface area contributed by atoms with Crippen molar-refractivity contribution in [3.63, 3.8) is 0 Å². The van der Waals surface area contributed by atoms with Gasteiger partial charge in [-0.2, -0.15) is 0 Å². The van der Waals surface area contributed by atoms with E-state index in [9.17, 15) is 10.2 Å². The maximum Gasteiger partial charge on any atom is 0.116 e. The molecule has 3 aliphatic carbocycles. The van der Waals surface area contributed by atoms with Crippen molar-refractivity contribution in [2.24, 2.45) is 5.41 Å². The Kier molecular flexibility index (Phi) is 4.40. The summed E-state index contributed by atoms with van der Waals surface area (Å²) < 4.78 is 0. The summed E-state index contributed by atoms with van der Waals surface area (Å²) in [5.74, 6) is 0.397. The van der Waals surface area contributed by atoms with E-state index in [1.165, 1.54) is 22.3 Å². The van der Waals surface area contributed by atoms with Crippen molar-refractivity contribution < 1.29 is 10.2 Å². The van der Waals surface area contributed by atoms with Crippen molar-refractivity contribution in [2.75, 3.05) is 0 Å². The summed E-state index contributed by atoms with van der Waals surface area (Å²) in [5.41, 5.74) is 8.83. The van der Waals surface area contributed by atoms with Gasteiger partial charge in [-0.25, -0.2) is 0 Å². The summed E-state index contributed by atoms with van der Waals surface area (Å²) in [7, 11) is 0. The Labute approximate surface area is 174 Å². The number of allylic oxidation sites excluding steroid dienone is 1. The van der Waals surface area contributed by atoms with Crippen LogP contribution in [0.25, 0.3) is 0 Å². The number of hydrogen-bond donors (Lipinski definition) is 2. The molecule has 0 saturated heterocycles. The third-order valence-electron chi connectivity index (χ3n) is 8.19. The van der Waals surface area contributed by atoms with Crippen molar-refractivity contribution in [3.8, 4) is 5.75 Å². The highest BCUT2D eigenvalue weighted by atomic mass is 16.3. The SMILES string of the molecule is CC[C@@]12CC[C@@]3(Cc4ccccc4)C[C@@H](O)CC3=C1CCc1cc(O)cc(C)c12. The standard InChI is InChI=1S/C27H32O2/c1-3-27-12-11-26(16-19-7-5-4-6-8-19)17-22(29)15-24(26)23(27)10-9-20-14-21(28)13-18(2)25(20)27/h4-8,13-14,22,28-29H,3,9-12,15-17H2,1-2H3/t22-,26+,27+/m0/s1. The molecule has 3 atom stereocenters. The number of benzene rings is 2. The molecule has 2 aromatic rings. The van der Waals surface area contributed by atoms with Crippen LogP contribution in [0.2, 0.25) is 0 Å². The second-order valence-electron chi connectivity index (χ2n) is 9.69. The monoisotopic (exact) mass is 388 g/mol. The zero-order valence-electron chi connectivity index (χ0n) is 17.7. The first-order valence-corrected chi connectivity index (χ1v) is 11.3. The molecule has 0 aromatic heterocycles. The number of phenolic OH excluding ortho intramolecular Hbond substituents is 1. The lowest BCUT2D eigenvalue weighted by Gasteiger charge is -2.51. The molecule has 1 fully saturated rings. The summed E-state index contributed by atoms with van der Waals surface area (Å²) in [6, 6.07) is 14.8. The van der Waals surface area contributed by atoms with Crippen LogP contribution in [0.3, 0.4) is 0 Å². The van der Waals surface area contributed by atoms with Gasteiger partial charge < -0.3 is 10.2 Å². The second-order valence-corrected chi connectivity index (χ2v) is 9.69. The summed E-state index contributed by atoms with van der Waals surface area (Å²) >= 11 is 0. The first-order chi connectivity index (χ1) is 14.0. The molecule has 1 saturated carbocycles. The molecule has 0 amide bonds. The molecule has 2 heteroatoms. The van der Waals surface area contributed by atoms with Crippen molar-refractivity contribution in [1.82, 2.24) is 0 Å². The molecule has 152 valence electrons.